The van der Waals surface area contributed by atoms with Gasteiger partial charge in [-0.05, 0) is 36.6 Å². The molecule has 1 heterocycles. The molecule has 0 aliphatic rings. The molecule has 96 valence electrons. The van der Waals surface area contributed by atoms with Gasteiger partial charge in [0.1, 0.15) is 5.82 Å². The summed E-state index contributed by atoms with van der Waals surface area (Å²) in [7, 11) is 0. The lowest BCUT2D eigenvalue weighted by Crippen LogP contribution is -2.31. The van der Waals surface area contributed by atoms with Crippen molar-refractivity contribution in [3.63, 3.8) is 0 Å². The molecule has 0 atom stereocenters. The highest BCUT2D eigenvalue weighted by molar-refractivity contribution is 5.81. The van der Waals surface area contributed by atoms with E-state index in [1.807, 2.05) is 18.2 Å². The van der Waals surface area contributed by atoms with E-state index in [9.17, 15) is 0 Å². The highest BCUT2D eigenvalue weighted by Gasteiger charge is 2.15. The largest absolute Gasteiger partial charge is 0.369 e. The molecule has 2 aromatic rings. The fourth-order valence-corrected chi connectivity index (χ4v) is 1.80. The predicted molar refractivity (Wildman–Crippen MR) is 77.8 cm³/mol. The lowest BCUT2D eigenvalue weighted by molar-refractivity contribution is 0.405. The van der Waals surface area contributed by atoms with Gasteiger partial charge in [0.05, 0.1) is 5.52 Å². The van der Waals surface area contributed by atoms with Crippen molar-refractivity contribution in [1.82, 2.24) is 4.98 Å². The Morgan fingerprint density at radius 3 is 2.72 bits per heavy atom. The molecule has 0 aliphatic carbocycles. The third-order valence-corrected chi connectivity index (χ3v) is 3.20. The van der Waals surface area contributed by atoms with Gasteiger partial charge in [0.25, 0.3) is 0 Å². The third-order valence-electron chi connectivity index (χ3n) is 3.20. The summed E-state index contributed by atoms with van der Waals surface area (Å²) in [5, 5.41) is 4.58. The zero-order valence-electron chi connectivity index (χ0n) is 11.3. The van der Waals surface area contributed by atoms with Crippen LogP contribution in [0.25, 0.3) is 10.9 Å². The molecular weight excluding hydrogens is 222 g/mol. The van der Waals surface area contributed by atoms with Crippen LogP contribution in [0.5, 0.6) is 0 Å². The third kappa shape index (κ3) is 2.79. The van der Waals surface area contributed by atoms with Crippen LogP contribution in [-0.4, -0.2) is 18.1 Å². The fourth-order valence-electron chi connectivity index (χ4n) is 1.80. The maximum atomic E-state index is 5.74. The Morgan fingerprint density at radius 1 is 1.28 bits per heavy atom. The van der Waals surface area contributed by atoms with Crippen LogP contribution in [0, 0.1) is 12.3 Å². The Morgan fingerprint density at radius 2 is 2.00 bits per heavy atom. The Hall–Kier alpha value is -1.61. The molecule has 3 N–H and O–H groups in total. The highest BCUT2D eigenvalue weighted by Crippen LogP contribution is 2.21. The number of hydrogen-bond donors (Lipinski definition) is 2. The van der Waals surface area contributed by atoms with Crippen LogP contribution >= 0.6 is 0 Å². The molecule has 1 aromatic heterocycles. The smallest absolute Gasteiger partial charge is 0.129 e. The molecule has 0 bridgehead atoms. The van der Waals surface area contributed by atoms with Crippen LogP contribution in [0.1, 0.15) is 19.4 Å². The number of para-hydroxylation sites is 1. The summed E-state index contributed by atoms with van der Waals surface area (Å²) in [6.45, 7) is 7.87. The van der Waals surface area contributed by atoms with Gasteiger partial charge in [-0.2, -0.15) is 0 Å². The van der Waals surface area contributed by atoms with Crippen LogP contribution in [0.15, 0.2) is 30.3 Å². The van der Waals surface area contributed by atoms with Crippen molar-refractivity contribution >= 4 is 16.7 Å². The number of pyridine rings is 1. The van der Waals surface area contributed by atoms with Crippen LogP contribution < -0.4 is 11.1 Å². The molecule has 3 nitrogen and oxygen atoms in total. The number of hydrogen-bond acceptors (Lipinski definition) is 3. The predicted octanol–water partition coefficient (Wildman–Crippen LogP) is 2.94. The summed E-state index contributed by atoms with van der Waals surface area (Å²) in [6, 6.07) is 10.3. The molecule has 0 saturated carbocycles. The van der Waals surface area contributed by atoms with E-state index in [4.69, 9.17) is 5.73 Å². The maximum Gasteiger partial charge on any atom is 0.129 e. The van der Waals surface area contributed by atoms with E-state index in [0.29, 0.717) is 6.54 Å². The van der Waals surface area contributed by atoms with Crippen molar-refractivity contribution in [1.29, 1.82) is 0 Å². The molecule has 0 spiro atoms. The first-order valence-electron chi connectivity index (χ1n) is 6.32. The summed E-state index contributed by atoms with van der Waals surface area (Å²) in [5.41, 5.74) is 8.01. The summed E-state index contributed by atoms with van der Waals surface area (Å²) in [4.78, 5) is 4.66. The number of aryl methyl sites for hydroxylation is 1. The zero-order valence-corrected chi connectivity index (χ0v) is 11.3. The van der Waals surface area contributed by atoms with Gasteiger partial charge < -0.3 is 11.1 Å². The van der Waals surface area contributed by atoms with Gasteiger partial charge >= 0.3 is 0 Å². The lowest BCUT2D eigenvalue weighted by atomic mass is 9.94. The SMILES string of the molecule is Cc1cc2ccccc2nc1NCC(C)(C)CN. The second kappa shape index (κ2) is 4.94. The van der Waals surface area contributed by atoms with Gasteiger partial charge in [0.15, 0.2) is 0 Å². The standard InChI is InChI=1S/C15H21N3/c1-11-8-12-6-4-5-7-13(12)18-14(11)17-10-15(2,3)9-16/h4-8H,9-10,16H2,1-3H3,(H,17,18). The number of anilines is 1. The Labute approximate surface area is 108 Å². The van der Waals surface area contributed by atoms with Crippen molar-refractivity contribution in [2.24, 2.45) is 11.1 Å². The fraction of sp³-hybridized carbons (Fsp3) is 0.400. The molecule has 2 rings (SSSR count). The van der Waals surface area contributed by atoms with Crippen LogP contribution in [-0.2, 0) is 0 Å². The van der Waals surface area contributed by atoms with Crippen molar-refractivity contribution < 1.29 is 0 Å². The quantitative estimate of drug-likeness (QED) is 0.868. The first-order valence-corrected chi connectivity index (χ1v) is 6.32. The molecule has 1 aromatic carbocycles. The Bertz CT molecular complexity index is 546. The van der Waals surface area contributed by atoms with Gasteiger partial charge in [-0.25, -0.2) is 4.98 Å². The minimum atomic E-state index is 0.0831. The average molecular weight is 243 g/mol. The molecule has 0 saturated heterocycles. The van der Waals surface area contributed by atoms with Crippen molar-refractivity contribution in [3.8, 4) is 0 Å². The Balaban J connectivity index is 2.25. The zero-order chi connectivity index (χ0) is 13.2. The number of nitrogens with two attached hydrogens (primary N) is 1. The van der Waals surface area contributed by atoms with Crippen molar-refractivity contribution in [3.05, 3.63) is 35.9 Å². The van der Waals surface area contributed by atoms with Crippen molar-refractivity contribution in [2.75, 3.05) is 18.4 Å². The summed E-state index contributed by atoms with van der Waals surface area (Å²) >= 11 is 0. The van der Waals surface area contributed by atoms with Gasteiger partial charge in [0.2, 0.25) is 0 Å². The lowest BCUT2D eigenvalue weighted by Gasteiger charge is -2.23. The number of benzene rings is 1. The first kappa shape index (κ1) is 12.8. The number of rotatable bonds is 4. The monoisotopic (exact) mass is 243 g/mol. The molecule has 0 unspecified atom stereocenters. The van der Waals surface area contributed by atoms with E-state index in [0.717, 1.165) is 17.9 Å². The van der Waals surface area contributed by atoms with Crippen LogP contribution in [0.3, 0.4) is 0 Å². The maximum absolute atomic E-state index is 5.74. The minimum Gasteiger partial charge on any atom is -0.369 e. The summed E-state index contributed by atoms with van der Waals surface area (Å²) < 4.78 is 0. The van der Waals surface area contributed by atoms with Crippen molar-refractivity contribution in [2.45, 2.75) is 20.8 Å². The number of nitrogens with one attached hydrogen (secondary N) is 1. The minimum absolute atomic E-state index is 0.0831. The van der Waals surface area contributed by atoms with E-state index in [-0.39, 0.29) is 5.41 Å². The summed E-state index contributed by atoms with van der Waals surface area (Å²) in [6.07, 6.45) is 0. The van der Waals surface area contributed by atoms with E-state index < -0.39 is 0 Å². The molecule has 0 radical (unpaired) electrons. The second-order valence-electron chi connectivity index (χ2n) is 5.57. The van der Waals surface area contributed by atoms with Gasteiger partial charge in [-0.1, -0.05) is 32.0 Å². The second-order valence-corrected chi connectivity index (χ2v) is 5.57. The van der Waals surface area contributed by atoms with Crippen LogP contribution in [0.4, 0.5) is 5.82 Å². The highest BCUT2D eigenvalue weighted by atomic mass is 15.0. The van der Waals surface area contributed by atoms with E-state index in [1.54, 1.807) is 0 Å². The Kier molecular flexibility index (Phi) is 3.53. The molecule has 0 fully saturated rings. The van der Waals surface area contributed by atoms with E-state index in [2.05, 4.69) is 43.2 Å². The first-order chi connectivity index (χ1) is 8.52. The van der Waals surface area contributed by atoms with E-state index in [1.165, 1.54) is 10.9 Å². The number of fused-ring (bicyclic) bond motifs is 1. The average Bonchev–Trinajstić information content (AvgIpc) is 2.36. The molecule has 3 heteroatoms. The molecular formula is C15H21N3. The normalized spacial score (nSPS) is 11.8. The van der Waals surface area contributed by atoms with Gasteiger partial charge in [-0.15, -0.1) is 0 Å². The molecule has 18 heavy (non-hydrogen) atoms. The number of aromatic nitrogens is 1. The van der Waals surface area contributed by atoms with Gasteiger partial charge in [-0.3, -0.25) is 0 Å². The summed E-state index contributed by atoms with van der Waals surface area (Å²) in [5.74, 6) is 0.954. The van der Waals surface area contributed by atoms with E-state index >= 15 is 0 Å². The molecule has 0 amide bonds. The topological polar surface area (TPSA) is 50.9 Å². The molecule has 0 aliphatic heterocycles. The van der Waals surface area contributed by atoms with Gasteiger partial charge in [0, 0.05) is 11.9 Å². The number of nitrogens with zero attached hydrogens (tertiary/aromatic N) is 1. The van der Waals surface area contributed by atoms with Crippen LogP contribution in [0.2, 0.25) is 0 Å².